The first kappa shape index (κ1) is 18.9. The van der Waals surface area contributed by atoms with Gasteiger partial charge in [0.05, 0.1) is 11.5 Å². The molecule has 0 fully saturated rings. The van der Waals surface area contributed by atoms with Crippen molar-refractivity contribution in [2.75, 3.05) is 18.5 Å². The summed E-state index contributed by atoms with van der Waals surface area (Å²) in [6.45, 7) is 9.39. The molecule has 1 atom stereocenters. The van der Waals surface area contributed by atoms with Crippen LogP contribution < -0.4 is 4.90 Å². The second-order valence-electron chi connectivity index (χ2n) is 7.60. The second kappa shape index (κ2) is 7.40. The lowest BCUT2D eigenvalue weighted by atomic mass is 9.81. The van der Waals surface area contributed by atoms with Gasteiger partial charge in [0.1, 0.15) is 13.1 Å². The molecule has 0 radical (unpaired) electrons. The van der Waals surface area contributed by atoms with Gasteiger partial charge in [-0.1, -0.05) is 30.3 Å². The van der Waals surface area contributed by atoms with Gasteiger partial charge in [-0.3, -0.25) is 0 Å². The molecule has 0 spiro atoms. The number of allylic oxidation sites excluding steroid dienone is 1. The van der Waals surface area contributed by atoms with E-state index in [2.05, 4.69) is 104 Å². The topological polar surface area (TPSA) is 30.0 Å². The van der Waals surface area contributed by atoms with Crippen LogP contribution in [0.5, 0.6) is 0 Å². The van der Waals surface area contributed by atoms with E-state index in [9.17, 15) is 5.26 Å². The predicted octanol–water partition coefficient (Wildman–Crippen LogP) is 5.14. The second-order valence-corrected chi connectivity index (χ2v) is 7.60. The molecule has 1 heterocycles. The maximum atomic E-state index is 9.20. The molecule has 0 bridgehead atoms. The predicted molar refractivity (Wildman–Crippen MR) is 114 cm³/mol. The maximum Gasteiger partial charge on any atom is 0.209 e. The number of nitrogens with zero attached hydrogens (tertiary/aromatic N) is 3. The third kappa shape index (κ3) is 3.40. The molecule has 138 valence electrons. The van der Waals surface area contributed by atoms with E-state index in [1.807, 2.05) is 6.92 Å². The molecule has 0 N–H and O–H groups in total. The molecule has 0 amide bonds. The van der Waals surface area contributed by atoms with E-state index >= 15 is 0 Å². The maximum absolute atomic E-state index is 9.20. The Labute approximate surface area is 162 Å². The van der Waals surface area contributed by atoms with E-state index in [1.54, 1.807) is 0 Å². The minimum atomic E-state index is -0.126. The van der Waals surface area contributed by atoms with Crippen molar-refractivity contribution in [3.8, 4) is 6.07 Å². The molecule has 0 aliphatic carbocycles. The Morgan fingerprint density at radius 2 is 1.78 bits per heavy atom. The molecular weight excluding hydrogens is 330 g/mol. The molecule has 27 heavy (non-hydrogen) atoms. The Bertz CT molecular complexity index is 927. The monoisotopic (exact) mass is 358 g/mol. The molecule has 2 aromatic carbocycles. The van der Waals surface area contributed by atoms with Crippen LogP contribution in [-0.2, 0) is 5.41 Å². The van der Waals surface area contributed by atoms with Crippen LogP contribution in [0.4, 0.5) is 11.4 Å². The van der Waals surface area contributed by atoms with E-state index < -0.39 is 0 Å². The van der Waals surface area contributed by atoms with Gasteiger partial charge in [0.15, 0.2) is 5.71 Å². The summed E-state index contributed by atoms with van der Waals surface area (Å²) in [5.41, 5.74) is 6.17. The summed E-state index contributed by atoms with van der Waals surface area (Å²) < 4.78 is 2.29. The average Bonchev–Trinajstić information content (AvgIpc) is 2.88. The minimum Gasteiger partial charge on any atom is -0.356 e. The summed E-state index contributed by atoms with van der Waals surface area (Å²) in [4.78, 5) is 2.10. The number of rotatable bonds is 5. The van der Waals surface area contributed by atoms with E-state index in [0.717, 1.165) is 17.8 Å². The molecule has 0 saturated carbocycles. The zero-order chi connectivity index (χ0) is 19.6. The first-order valence-corrected chi connectivity index (χ1v) is 9.55. The first-order valence-electron chi connectivity index (χ1n) is 9.55. The van der Waals surface area contributed by atoms with Crippen LogP contribution in [0.3, 0.4) is 0 Å². The number of para-hydroxylation sites is 1. The van der Waals surface area contributed by atoms with Crippen molar-refractivity contribution in [2.24, 2.45) is 0 Å². The molecule has 0 aromatic heterocycles. The van der Waals surface area contributed by atoms with E-state index in [4.69, 9.17) is 0 Å². The first-order chi connectivity index (χ1) is 12.9. The minimum absolute atomic E-state index is 0.0109. The van der Waals surface area contributed by atoms with Gasteiger partial charge in [0.25, 0.3) is 0 Å². The summed E-state index contributed by atoms with van der Waals surface area (Å²) in [6, 6.07) is 19.2. The number of fused-ring (bicyclic) bond motifs is 1. The third-order valence-electron chi connectivity index (χ3n) is 5.59. The van der Waals surface area contributed by atoms with Crippen molar-refractivity contribution in [3.63, 3.8) is 0 Å². The molecule has 1 unspecified atom stereocenters. The number of nitriles is 1. The van der Waals surface area contributed by atoms with Crippen molar-refractivity contribution in [3.05, 3.63) is 65.7 Å². The molecule has 2 aromatic rings. The highest BCUT2D eigenvalue weighted by Crippen LogP contribution is 2.39. The molecule has 3 rings (SSSR count). The highest BCUT2D eigenvalue weighted by molar-refractivity contribution is 6.05. The molecule has 1 aliphatic rings. The Balaban J connectivity index is 1.85. The summed E-state index contributed by atoms with van der Waals surface area (Å²) >= 11 is 0. The van der Waals surface area contributed by atoms with Gasteiger partial charge in [-0.2, -0.15) is 9.84 Å². The largest absolute Gasteiger partial charge is 0.356 e. The third-order valence-corrected chi connectivity index (χ3v) is 5.59. The molecule has 3 heteroatoms. The average molecular weight is 359 g/mol. The molecule has 3 nitrogen and oxygen atoms in total. The zero-order valence-electron chi connectivity index (χ0n) is 16.9. The fraction of sp³-hybridized carbons (Fsp3) is 0.333. The smallest absolute Gasteiger partial charge is 0.209 e. The van der Waals surface area contributed by atoms with Crippen LogP contribution >= 0.6 is 0 Å². The summed E-state index contributed by atoms with van der Waals surface area (Å²) in [5.74, 6) is 0. The fourth-order valence-corrected chi connectivity index (χ4v) is 4.00. The number of hydrogen-bond acceptors (Lipinski definition) is 2. The van der Waals surface area contributed by atoms with Crippen molar-refractivity contribution in [1.82, 2.24) is 0 Å². The van der Waals surface area contributed by atoms with Crippen molar-refractivity contribution < 1.29 is 4.58 Å². The lowest BCUT2D eigenvalue weighted by Gasteiger charge is -2.25. The quantitative estimate of drug-likeness (QED) is 0.692. The Kier molecular flexibility index (Phi) is 5.19. The Hall–Kier alpha value is -2.86. The van der Waals surface area contributed by atoms with E-state index in [0.29, 0.717) is 0 Å². The van der Waals surface area contributed by atoms with Crippen molar-refractivity contribution >= 4 is 23.2 Å². The van der Waals surface area contributed by atoms with Gasteiger partial charge >= 0.3 is 0 Å². The Morgan fingerprint density at radius 1 is 1.11 bits per heavy atom. The zero-order valence-corrected chi connectivity index (χ0v) is 16.9. The van der Waals surface area contributed by atoms with Crippen LogP contribution in [0.25, 0.3) is 6.08 Å². The SMILES string of the molecule is CCN(c1ccc(/C=C/C2=[N+](C)c3ccccc3C2(C)C)cc1)C(C)C#N. The van der Waals surface area contributed by atoms with Crippen molar-refractivity contribution in [1.29, 1.82) is 5.26 Å². The fourth-order valence-electron chi connectivity index (χ4n) is 4.00. The van der Waals surface area contributed by atoms with Crippen LogP contribution in [0.2, 0.25) is 0 Å². The van der Waals surface area contributed by atoms with Gasteiger partial charge in [0, 0.05) is 29.9 Å². The highest BCUT2D eigenvalue weighted by Gasteiger charge is 2.42. The van der Waals surface area contributed by atoms with Gasteiger partial charge < -0.3 is 4.90 Å². The highest BCUT2D eigenvalue weighted by atomic mass is 15.1. The number of hydrogen-bond donors (Lipinski definition) is 0. The number of benzene rings is 2. The lowest BCUT2D eigenvalue weighted by Crippen LogP contribution is -2.31. The van der Waals surface area contributed by atoms with Gasteiger partial charge in [-0.05, 0) is 51.5 Å². The lowest BCUT2D eigenvalue weighted by molar-refractivity contribution is -0.401. The number of anilines is 1. The van der Waals surface area contributed by atoms with E-state index in [1.165, 1.54) is 17.0 Å². The summed E-state index contributed by atoms with van der Waals surface area (Å²) in [6.07, 6.45) is 4.40. The van der Waals surface area contributed by atoms with Gasteiger partial charge in [-0.25, -0.2) is 0 Å². The molecule has 1 aliphatic heterocycles. The van der Waals surface area contributed by atoms with E-state index in [-0.39, 0.29) is 11.5 Å². The van der Waals surface area contributed by atoms with Crippen LogP contribution in [0, 0.1) is 11.3 Å². The van der Waals surface area contributed by atoms with Crippen LogP contribution in [-0.4, -0.2) is 29.9 Å². The molecule has 0 saturated heterocycles. The summed E-state index contributed by atoms with van der Waals surface area (Å²) in [5, 5.41) is 9.20. The van der Waals surface area contributed by atoms with Gasteiger partial charge in [0.2, 0.25) is 5.69 Å². The normalized spacial score (nSPS) is 16.3. The van der Waals surface area contributed by atoms with Crippen LogP contribution in [0.15, 0.2) is 54.6 Å². The summed E-state index contributed by atoms with van der Waals surface area (Å²) in [7, 11) is 2.14. The van der Waals surface area contributed by atoms with Gasteiger partial charge in [-0.15, -0.1) is 0 Å². The standard InChI is InChI=1S/C24H28N3/c1-6-27(18(2)17-25)20-14-11-19(12-15-20)13-16-23-24(3,4)21-9-7-8-10-22(21)26(23)5/h7-16,18H,6H2,1-5H3/q+1. The van der Waals surface area contributed by atoms with Crippen LogP contribution in [0.1, 0.15) is 38.8 Å². The Morgan fingerprint density at radius 3 is 2.37 bits per heavy atom. The molecular formula is C24H28N3+. The van der Waals surface area contributed by atoms with Crippen molar-refractivity contribution in [2.45, 2.75) is 39.2 Å².